The molecular formula is C22H30N5O2S+. The molecule has 3 aromatic rings. The van der Waals surface area contributed by atoms with Crippen molar-refractivity contribution in [3.63, 3.8) is 0 Å². The highest BCUT2D eigenvalue weighted by atomic mass is 32.1. The third-order valence-electron chi connectivity index (χ3n) is 5.87. The molecule has 3 aromatic heterocycles. The number of nitrogens with zero attached hydrogens (tertiary/aromatic N) is 3. The summed E-state index contributed by atoms with van der Waals surface area (Å²) in [6.07, 6.45) is 2.55. The predicted molar refractivity (Wildman–Crippen MR) is 120 cm³/mol. The Balaban J connectivity index is 1.72. The molecule has 1 saturated heterocycles. The number of thiophene rings is 1. The van der Waals surface area contributed by atoms with Gasteiger partial charge in [-0.25, -0.2) is 15.0 Å². The maximum absolute atomic E-state index is 6.23. The zero-order valence-corrected chi connectivity index (χ0v) is 19.0. The summed E-state index contributed by atoms with van der Waals surface area (Å²) < 4.78 is 12.9. The molecule has 5 rings (SSSR count). The van der Waals surface area contributed by atoms with E-state index in [9.17, 15) is 0 Å². The first-order valence-electron chi connectivity index (χ1n) is 10.8. The van der Waals surface area contributed by atoms with Gasteiger partial charge < -0.3 is 14.8 Å². The van der Waals surface area contributed by atoms with Gasteiger partial charge in [0.1, 0.15) is 29.9 Å². The number of hydrogen-bond donors (Lipinski definition) is 1. The summed E-state index contributed by atoms with van der Waals surface area (Å²) >= 11 is 1.75. The third kappa shape index (κ3) is 3.50. The van der Waals surface area contributed by atoms with Crippen LogP contribution < -0.4 is 15.2 Å². The number of nitrogens with one attached hydrogen (secondary N) is 2. The summed E-state index contributed by atoms with van der Waals surface area (Å²) in [5.41, 5.74) is 3.47. The van der Waals surface area contributed by atoms with Gasteiger partial charge >= 0.3 is 0 Å². The number of morpholine rings is 1. The van der Waals surface area contributed by atoms with Crippen LogP contribution in [0.15, 0.2) is 6.33 Å². The first-order chi connectivity index (χ1) is 14.4. The molecule has 0 radical (unpaired) electrons. The molecule has 7 nitrogen and oxygen atoms in total. The van der Waals surface area contributed by atoms with Crippen molar-refractivity contribution in [2.24, 2.45) is 5.92 Å². The van der Waals surface area contributed by atoms with Crippen LogP contribution in [0.2, 0.25) is 0 Å². The monoisotopic (exact) mass is 428 g/mol. The summed E-state index contributed by atoms with van der Waals surface area (Å²) in [6, 6.07) is 0. The van der Waals surface area contributed by atoms with Gasteiger partial charge in [0.25, 0.3) is 5.82 Å². The van der Waals surface area contributed by atoms with E-state index in [0.29, 0.717) is 12.5 Å². The fourth-order valence-corrected chi connectivity index (χ4v) is 5.48. The predicted octanol–water partition coefficient (Wildman–Crippen LogP) is 3.41. The fourth-order valence-electron chi connectivity index (χ4n) is 4.33. The van der Waals surface area contributed by atoms with Crippen molar-refractivity contribution in [2.45, 2.75) is 46.3 Å². The van der Waals surface area contributed by atoms with Crippen molar-refractivity contribution in [2.75, 3.05) is 43.1 Å². The van der Waals surface area contributed by atoms with Gasteiger partial charge in [0.05, 0.1) is 41.9 Å². The van der Waals surface area contributed by atoms with Crippen LogP contribution in [0.3, 0.4) is 0 Å². The van der Waals surface area contributed by atoms with Crippen LogP contribution >= 0.6 is 11.3 Å². The average molecular weight is 429 g/mol. The number of aromatic amines is 1. The number of ether oxygens (including phenoxy) is 2. The number of rotatable bonds is 4. The minimum absolute atomic E-state index is 0.191. The molecule has 0 unspecified atom stereocenters. The van der Waals surface area contributed by atoms with Gasteiger partial charge in [-0.1, -0.05) is 25.2 Å². The largest absolute Gasteiger partial charge is 0.373 e. The number of hydrogen-bond acceptors (Lipinski definition) is 7. The lowest BCUT2D eigenvalue weighted by molar-refractivity contribution is -0.329. The Hall–Kier alpha value is -2.03. The van der Waals surface area contributed by atoms with E-state index in [1.807, 2.05) is 0 Å². The second kappa shape index (κ2) is 7.59. The molecule has 2 aliphatic rings. The quantitative estimate of drug-likeness (QED) is 0.686. The number of pyridine rings is 1. The SMILES string of the molecule is CC(C)CNc1ncnc2c1sc1[nH+]c(N3CCOCC3)c3c(c12)CC(C)(C)OC3. The molecule has 5 heterocycles. The molecule has 30 heavy (non-hydrogen) atoms. The maximum atomic E-state index is 6.23. The highest BCUT2D eigenvalue weighted by Gasteiger charge is 2.36. The molecule has 160 valence electrons. The fraction of sp³-hybridized carbons (Fsp3) is 0.591. The molecule has 0 spiro atoms. The van der Waals surface area contributed by atoms with Gasteiger partial charge in [0, 0.05) is 13.0 Å². The van der Waals surface area contributed by atoms with E-state index in [1.165, 1.54) is 22.3 Å². The second-order valence-electron chi connectivity index (χ2n) is 9.24. The van der Waals surface area contributed by atoms with Crippen LogP contribution in [0.5, 0.6) is 0 Å². The number of aromatic nitrogens is 3. The Morgan fingerprint density at radius 1 is 1.23 bits per heavy atom. The lowest BCUT2D eigenvalue weighted by atomic mass is 9.90. The van der Waals surface area contributed by atoms with Gasteiger partial charge in [-0.15, -0.1) is 0 Å². The minimum Gasteiger partial charge on any atom is -0.373 e. The van der Waals surface area contributed by atoms with Crippen molar-refractivity contribution in [1.29, 1.82) is 0 Å². The molecule has 0 bridgehead atoms. The molecule has 0 aliphatic carbocycles. The standard InChI is InChI=1S/C22H29N5O2S/c1-13(2)10-23-19-18-17(24-12-25-19)16-14-9-22(3,4)29-11-15(14)20(26-21(16)30-18)27-5-7-28-8-6-27/h12-13H,5-11H2,1-4H3,(H,23,24,25)/p+1. The topological polar surface area (TPSA) is 73.7 Å². The van der Waals surface area contributed by atoms with E-state index in [1.54, 1.807) is 17.7 Å². The van der Waals surface area contributed by atoms with Crippen molar-refractivity contribution in [3.8, 4) is 0 Å². The smallest absolute Gasteiger partial charge is 0.281 e. The Labute approximate surface area is 180 Å². The first kappa shape index (κ1) is 19.9. The van der Waals surface area contributed by atoms with Crippen molar-refractivity contribution < 1.29 is 14.5 Å². The third-order valence-corrected chi connectivity index (χ3v) is 6.97. The number of fused-ring (bicyclic) bond motifs is 5. The zero-order valence-electron chi connectivity index (χ0n) is 18.2. The summed E-state index contributed by atoms with van der Waals surface area (Å²) in [5.74, 6) is 2.65. The van der Waals surface area contributed by atoms with Crippen molar-refractivity contribution in [1.82, 2.24) is 9.97 Å². The molecule has 2 aliphatic heterocycles. The molecule has 8 heteroatoms. The number of anilines is 2. The van der Waals surface area contributed by atoms with E-state index < -0.39 is 0 Å². The summed E-state index contributed by atoms with van der Waals surface area (Å²) in [4.78, 5) is 16.6. The van der Waals surface area contributed by atoms with Gasteiger partial charge in [0.15, 0.2) is 4.83 Å². The van der Waals surface area contributed by atoms with Crippen molar-refractivity contribution >= 4 is 43.4 Å². The maximum Gasteiger partial charge on any atom is 0.281 e. The summed E-state index contributed by atoms with van der Waals surface area (Å²) in [7, 11) is 0. The number of H-pyrrole nitrogens is 1. The Kier molecular flexibility index (Phi) is 5.03. The normalized spacial score (nSPS) is 18.9. The van der Waals surface area contributed by atoms with Crippen LogP contribution in [-0.2, 0) is 22.5 Å². The average Bonchev–Trinajstić information content (AvgIpc) is 3.11. The first-order valence-corrected chi connectivity index (χ1v) is 11.6. The van der Waals surface area contributed by atoms with Gasteiger partial charge in [0.2, 0.25) is 0 Å². The molecular weight excluding hydrogens is 398 g/mol. The van der Waals surface area contributed by atoms with Gasteiger partial charge in [-0.3, -0.25) is 4.90 Å². The molecule has 0 saturated carbocycles. The summed E-state index contributed by atoms with van der Waals surface area (Å²) in [5, 5.41) is 4.75. The lowest BCUT2D eigenvalue weighted by Crippen LogP contribution is -2.42. The van der Waals surface area contributed by atoms with Crippen LogP contribution in [0, 0.1) is 5.92 Å². The molecule has 2 N–H and O–H groups in total. The zero-order chi connectivity index (χ0) is 20.9. The van der Waals surface area contributed by atoms with Crippen LogP contribution in [0.4, 0.5) is 11.6 Å². The molecule has 0 aromatic carbocycles. The summed E-state index contributed by atoms with van der Waals surface area (Å²) in [6.45, 7) is 13.6. The highest BCUT2D eigenvalue weighted by Crippen LogP contribution is 2.42. The van der Waals surface area contributed by atoms with E-state index >= 15 is 0 Å². The highest BCUT2D eigenvalue weighted by molar-refractivity contribution is 7.25. The van der Waals surface area contributed by atoms with Gasteiger partial charge in [-0.05, 0) is 25.3 Å². The van der Waals surface area contributed by atoms with Crippen molar-refractivity contribution in [3.05, 3.63) is 17.5 Å². The van der Waals surface area contributed by atoms with E-state index in [4.69, 9.17) is 14.5 Å². The van der Waals surface area contributed by atoms with Crippen LogP contribution in [-0.4, -0.2) is 48.4 Å². The van der Waals surface area contributed by atoms with Crippen LogP contribution in [0.1, 0.15) is 38.8 Å². The van der Waals surface area contributed by atoms with E-state index in [2.05, 4.69) is 47.9 Å². The second-order valence-corrected chi connectivity index (χ2v) is 10.3. The van der Waals surface area contributed by atoms with E-state index in [0.717, 1.165) is 60.1 Å². The lowest BCUT2D eigenvalue weighted by Gasteiger charge is -2.33. The Bertz CT molecular complexity index is 1090. The Morgan fingerprint density at radius 2 is 2.03 bits per heavy atom. The minimum atomic E-state index is -0.191. The van der Waals surface area contributed by atoms with Gasteiger partial charge in [-0.2, -0.15) is 0 Å². The molecule has 1 fully saturated rings. The van der Waals surface area contributed by atoms with Crippen LogP contribution in [0.25, 0.3) is 20.4 Å². The molecule has 0 amide bonds. The van der Waals surface area contributed by atoms with E-state index in [-0.39, 0.29) is 5.60 Å². The Morgan fingerprint density at radius 3 is 2.80 bits per heavy atom. The molecule has 0 atom stereocenters.